The molecule has 1 rings (SSSR count). The van der Waals surface area contributed by atoms with Crippen molar-refractivity contribution in [2.75, 3.05) is 20.7 Å². The lowest BCUT2D eigenvalue weighted by Gasteiger charge is -2.13. The first-order valence-corrected chi connectivity index (χ1v) is 5.51. The van der Waals surface area contributed by atoms with Crippen molar-refractivity contribution in [1.82, 2.24) is 4.90 Å². The van der Waals surface area contributed by atoms with Gasteiger partial charge in [0.15, 0.2) is 0 Å². The predicted octanol–water partition coefficient (Wildman–Crippen LogP) is 1.57. The van der Waals surface area contributed by atoms with E-state index in [1.807, 2.05) is 11.9 Å². The van der Waals surface area contributed by atoms with Gasteiger partial charge in [0, 0.05) is 6.42 Å². The summed E-state index contributed by atoms with van der Waals surface area (Å²) in [5.41, 5.74) is 0. The summed E-state index contributed by atoms with van der Waals surface area (Å²) in [6, 6.07) is 2.91. The number of esters is 1. The predicted molar refractivity (Wildman–Crippen MR) is 62.9 cm³/mol. The van der Waals surface area contributed by atoms with Gasteiger partial charge in [-0.1, -0.05) is 0 Å². The Morgan fingerprint density at radius 3 is 2.83 bits per heavy atom. The molecule has 1 heterocycles. The maximum atomic E-state index is 10.9. The molecule has 0 amide bonds. The molecule has 0 aliphatic rings. The molecule has 0 fully saturated rings. The van der Waals surface area contributed by atoms with Crippen LogP contribution < -0.4 is 0 Å². The fourth-order valence-electron chi connectivity index (χ4n) is 1.49. The van der Waals surface area contributed by atoms with Gasteiger partial charge in [-0.05, 0) is 26.1 Å². The zero-order valence-electron chi connectivity index (χ0n) is 10.4. The van der Waals surface area contributed by atoms with E-state index in [2.05, 4.69) is 4.74 Å². The molecular formula is C11H16N2O5. The van der Waals surface area contributed by atoms with E-state index in [0.717, 1.165) is 0 Å². The Morgan fingerprint density at radius 1 is 1.56 bits per heavy atom. The maximum absolute atomic E-state index is 10.9. The van der Waals surface area contributed by atoms with E-state index in [-0.39, 0.29) is 11.9 Å². The van der Waals surface area contributed by atoms with Crippen molar-refractivity contribution in [3.63, 3.8) is 0 Å². The molecule has 0 saturated carbocycles. The van der Waals surface area contributed by atoms with E-state index >= 15 is 0 Å². The Labute approximate surface area is 104 Å². The number of rotatable bonds is 7. The third kappa shape index (κ3) is 4.54. The Hall–Kier alpha value is -1.89. The highest BCUT2D eigenvalue weighted by Crippen LogP contribution is 2.16. The standard InChI is InChI=1S/C11H16N2O5/c1-12(7-3-4-11(14)17-2)8-9-5-6-10(18-9)13(15)16/h5-6H,3-4,7-8H2,1-2H3. The quantitative estimate of drug-likeness (QED) is 0.418. The van der Waals surface area contributed by atoms with Gasteiger partial charge in [0.05, 0.1) is 19.7 Å². The number of methoxy groups -OCH3 is 1. The first-order valence-electron chi connectivity index (χ1n) is 5.51. The van der Waals surface area contributed by atoms with Crippen LogP contribution >= 0.6 is 0 Å². The highest BCUT2D eigenvalue weighted by Gasteiger charge is 2.13. The van der Waals surface area contributed by atoms with Crippen LogP contribution in [-0.2, 0) is 16.1 Å². The molecule has 0 aliphatic carbocycles. The van der Waals surface area contributed by atoms with Crippen molar-refractivity contribution >= 4 is 11.9 Å². The molecule has 7 heteroatoms. The van der Waals surface area contributed by atoms with Gasteiger partial charge in [-0.25, -0.2) is 0 Å². The van der Waals surface area contributed by atoms with Crippen LogP contribution in [-0.4, -0.2) is 36.5 Å². The normalized spacial score (nSPS) is 10.6. The fourth-order valence-corrected chi connectivity index (χ4v) is 1.49. The molecule has 0 aliphatic heterocycles. The fraction of sp³-hybridized carbons (Fsp3) is 0.545. The zero-order valence-corrected chi connectivity index (χ0v) is 10.4. The summed E-state index contributed by atoms with van der Waals surface area (Å²) in [5.74, 6) is 0.0345. The molecule has 100 valence electrons. The summed E-state index contributed by atoms with van der Waals surface area (Å²) in [4.78, 5) is 22.7. The van der Waals surface area contributed by atoms with Crippen LogP contribution in [0.4, 0.5) is 5.88 Å². The van der Waals surface area contributed by atoms with E-state index < -0.39 is 4.92 Å². The van der Waals surface area contributed by atoms with E-state index in [4.69, 9.17) is 4.42 Å². The Morgan fingerprint density at radius 2 is 2.28 bits per heavy atom. The second-order valence-electron chi connectivity index (χ2n) is 3.91. The minimum atomic E-state index is -0.569. The SMILES string of the molecule is COC(=O)CCCN(C)Cc1ccc([N+](=O)[O-])o1. The number of ether oxygens (including phenoxy) is 1. The zero-order chi connectivity index (χ0) is 13.5. The number of nitrogens with zero attached hydrogens (tertiary/aromatic N) is 2. The van der Waals surface area contributed by atoms with Gasteiger partial charge in [-0.2, -0.15) is 0 Å². The maximum Gasteiger partial charge on any atom is 0.433 e. The van der Waals surface area contributed by atoms with Crippen molar-refractivity contribution in [3.05, 3.63) is 28.0 Å². The van der Waals surface area contributed by atoms with Crippen molar-refractivity contribution in [1.29, 1.82) is 0 Å². The van der Waals surface area contributed by atoms with Gasteiger partial charge in [0.25, 0.3) is 0 Å². The van der Waals surface area contributed by atoms with Crippen LogP contribution in [0, 0.1) is 10.1 Å². The van der Waals surface area contributed by atoms with E-state index in [9.17, 15) is 14.9 Å². The monoisotopic (exact) mass is 256 g/mol. The smallest absolute Gasteiger partial charge is 0.433 e. The topological polar surface area (TPSA) is 85.8 Å². The third-order valence-corrected chi connectivity index (χ3v) is 2.40. The Kier molecular flexibility index (Phi) is 5.31. The molecule has 0 saturated heterocycles. The molecule has 0 bridgehead atoms. The number of furan rings is 1. The van der Waals surface area contributed by atoms with Crippen LogP contribution in [0.15, 0.2) is 16.5 Å². The second kappa shape index (κ2) is 6.75. The van der Waals surface area contributed by atoms with Crippen molar-refractivity contribution < 1.29 is 18.9 Å². The molecule has 0 atom stereocenters. The number of nitro groups is 1. The van der Waals surface area contributed by atoms with Crippen molar-refractivity contribution in [2.45, 2.75) is 19.4 Å². The summed E-state index contributed by atoms with van der Waals surface area (Å²) in [6.45, 7) is 1.15. The largest absolute Gasteiger partial charge is 0.469 e. The molecule has 1 aromatic heterocycles. The van der Waals surface area contributed by atoms with Crippen LogP contribution in [0.2, 0.25) is 0 Å². The highest BCUT2D eigenvalue weighted by atomic mass is 16.6. The van der Waals surface area contributed by atoms with Crippen LogP contribution in [0.1, 0.15) is 18.6 Å². The van der Waals surface area contributed by atoms with Crippen LogP contribution in [0.5, 0.6) is 0 Å². The second-order valence-corrected chi connectivity index (χ2v) is 3.91. The Balaban J connectivity index is 2.32. The van der Waals surface area contributed by atoms with E-state index in [0.29, 0.717) is 31.7 Å². The molecule has 7 nitrogen and oxygen atoms in total. The highest BCUT2D eigenvalue weighted by molar-refractivity contribution is 5.69. The summed E-state index contributed by atoms with van der Waals surface area (Å²) < 4.78 is 9.56. The molecule has 0 N–H and O–H groups in total. The summed E-state index contributed by atoms with van der Waals surface area (Å²) in [6.07, 6.45) is 1.03. The molecule has 1 aromatic rings. The first-order chi connectivity index (χ1) is 8.52. The van der Waals surface area contributed by atoms with Gasteiger partial charge < -0.3 is 9.15 Å². The van der Waals surface area contributed by atoms with Crippen molar-refractivity contribution in [2.24, 2.45) is 0 Å². The van der Waals surface area contributed by atoms with Gasteiger partial charge in [-0.3, -0.25) is 19.8 Å². The summed E-state index contributed by atoms with van der Waals surface area (Å²) >= 11 is 0. The summed E-state index contributed by atoms with van der Waals surface area (Å²) in [5, 5.41) is 10.4. The minimum Gasteiger partial charge on any atom is -0.469 e. The summed E-state index contributed by atoms with van der Waals surface area (Å²) in [7, 11) is 3.21. The molecule has 18 heavy (non-hydrogen) atoms. The average Bonchev–Trinajstić information content (AvgIpc) is 2.77. The molecule has 0 radical (unpaired) electrons. The number of hydrogen-bond acceptors (Lipinski definition) is 6. The van der Waals surface area contributed by atoms with Gasteiger partial charge in [-0.15, -0.1) is 0 Å². The lowest BCUT2D eigenvalue weighted by Crippen LogP contribution is -2.19. The molecule has 0 unspecified atom stereocenters. The van der Waals surface area contributed by atoms with Gasteiger partial charge in [0.1, 0.15) is 10.7 Å². The van der Waals surface area contributed by atoms with Gasteiger partial charge >= 0.3 is 11.9 Å². The molecule has 0 aromatic carbocycles. The molecular weight excluding hydrogens is 240 g/mol. The molecule has 0 spiro atoms. The first kappa shape index (κ1) is 14.2. The van der Waals surface area contributed by atoms with Crippen LogP contribution in [0.3, 0.4) is 0 Å². The lowest BCUT2D eigenvalue weighted by atomic mass is 10.3. The Bertz CT molecular complexity index is 415. The average molecular weight is 256 g/mol. The lowest BCUT2D eigenvalue weighted by molar-refractivity contribution is -0.402. The third-order valence-electron chi connectivity index (χ3n) is 2.40. The number of carbonyl (C=O) groups is 1. The van der Waals surface area contributed by atoms with E-state index in [1.165, 1.54) is 13.2 Å². The number of carbonyl (C=O) groups excluding carboxylic acids is 1. The minimum absolute atomic E-state index is 0.239. The van der Waals surface area contributed by atoms with E-state index in [1.54, 1.807) is 6.07 Å². The van der Waals surface area contributed by atoms with Crippen molar-refractivity contribution in [3.8, 4) is 0 Å². The van der Waals surface area contributed by atoms with Crippen LogP contribution in [0.25, 0.3) is 0 Å². The number of hydrogen-bond donors (Lipinski definition) is 0. The van der Waals surface area contributed by atoms with Gasteiger partial charge in [0.2, 0.25) is 0 Å².